The summed E-state index contributed by atoms with van der Waals surface area (Å²) >= 11 is 0. The van der Waals surface area contributed by atoms with Crippen molar-refractivity contribution in [3.63, 3.8) is 0 Å². The van der Waals surface area contributed by atoms with Crippen molar-refractivity contribution in [1.82, 2.24) is 5.06 Å². The van der Waals surface area contributed by atoms with E-state index in [1.165, 1.54) is 17.2 Å². The normalized spacial score (nSPS) is 19.5. The van der Waals surface area contributed by atoms with Gasteiger partial charge in [-0.1, -0.05) is 48.5 Å². The number of hydrogen-bond acceptors (Lipinski definition) is 7. The van der Waals surface area contributed by atoms with Gasteiger partial charge in [0.1, 0.15) is 16.5 Å². The molecule has 0 aromatic heterocycles. The first-order chi connectivity index (χ1) is 18.5. The van der Waals surface area contributed by atoms with Gasteiger partial charge < -0.3 is 14.2 Å². The van der Waals surface area contributed by atoms with Crippen molar-refractivity contribution in [3.05, 3.63) is 96.3 Å². The summed E-state index contributed by atoms with van der Waals surface area (Å²) < 4.78 is 62.9. The molecule has 0 amide bonds. The van der Waals surface area contributed by atoms with Crippen molar-refractivity contribution >= 4 is 20.9 Å². The summed E-state index contributed by atoms with van der Waals surface area (Å²) in [6.07, 6.45) is 0.617. The zero-order chi connectivity index (χ0) is 26.1. The van der Waals surface area contributed by atoms with Crippen molar-refractivity contribution in [3.8, 4) is 17.2 Å². The van der Waals surface area contributed by atoms with E-state index < -0.39 is 10.1 Å². The zero-order valence-electron chi connectivity index (χ0n) is 20.5. The number of benzene rings is 4. The number of ether oxygens (including phenoxy) is 3. The second-order valence-corrected chi connectivity index (χ2v) is 10.9. The molecule has 0 N–H and O–H groups in total. The van der Waals surface area contributed by atoms with Gasteiger partial charge in [0.15, 0.2) is 11.5 Å². The first-order valence-corrected chi connectivity index (χ1v) is 13.8. The summed E-state index contributed by atoms with van der Waals surface area (Å²) in [6, 6.07) is 24.3. The van der Waals surface area contributed by atoms with E-state index in [2.05, 4.69) is 0 Å². The fourth-order valence-corrected chi connectivity index (χ4v) is 6.34. The van der Waals surface area contributed by atoms with Crippen LogP contribution >= 0.6 is 0 Å². The second-order valence-electron chi connectivity index (χ2n) is 9.43. The Labute approximate surface area is 220 Å². The fraction of sp³-hybridized carbons (Fsp3) is 0.241. The lowest BCUT2D eigenvalue weighted by Gasteiger charge is -2.37. The number of halogens is 1. The van der Waals surface area contributed by atoms with Crippen LogP contribution in [0.1, 0.15) is 17.9 Å². The molecule has 2 heterocycles. The lowest BCUT2D eigenvalue weighted by molar-refractivity contribution is -0.0917. The molecule has 4 aromatic carbocycles. The van der Waals surface area contributed by atoms with Gasteiger partial charge in [-0.3, -0.25) is 0 Å². The molecule has 0 radical (unpaired) electrons. The number of hydrogen-bond donors (Lipinski definition) is 0. The van der Waals surface area contributed by atoms with E-state index >= 15 is 0 Å². The topological polar surface area (TPSA) is 74.3 Å². The number of piperidine rings is 1. The van der Waals surface area contributed by atoms with Crippen LogP contribution in [0.25, 0.3) is 10.8 Å². The first-order valence-electron chi connectivity index (χ1n) is 12.4. The van der Waals surface area contributed by atoms with Crippen LogP contribution in [-0.2, 0) is 14.4 Å². The van der Waals surface area contributed by atoms with Crippen molar-refractivity contribution in [1.29, 1.82) is 0 Å². The van der Waals surface area contributed by atoms with E-state index in [-0.39, 0.29) is 29.3 Å². The van der Waals surface area contributed by atoms with Crippen LogP contribution in [0.15, 0.2) is 89.8 Å². The van der Waals surface area contributed by atoms with E-state index in [0.29, 0.717) is 48.8 Å². The van der Waals surface area contributed by atoms with Crippen LogP contribution in [0.4, 0.5) is 4.39 Å². The summed E-state index contributed by atoms with van der Waals surface area (Å²) in [5, 5.41) is 2.92. The Morgan fingerprint density at radius 2 is 1.71 bits per heavy atom. The molecule has 4 aromatic rings. The Balaban J connectivity index is 1.22. The average molecular weight is 536 g/mol. The van der Waals surface area contributed by atoms with Gasteiger partial charge >= 0.3 is 10.1 Å². The van der Waals surface area contributed by atoms with E-state index in [0.717, 1.165) is 10.9 Å². The van der Waals surface area contributed by atoms with Crippen molar-refractivity contribution in [2.24, 2.45) is 5.92 Å². The molecule has 2 aliphatic rings. The molecule has 2 aliphatic heterocycles. The molecular weight excluding hydrogens is 509 g/mol. The van der Waals surface area contributed by atoms with E-state index in [1.54, 1.807) is 48.5 Å². The molecular formula is C29H26FNO6S. The first kappa shape index (κ1) is 24.7. The van der Waals surface area contributed by atoms with E-state index in [4.69, 9.17) is 18.5 Å². The van der Waals surface area contributed by atoms with Gasteiger partial charge in [-0.15, -0.1) is 0 Å². The van der Waals surface area contributed by atoms with Crippen molar-refractivity contribution in [2.45, 2.75) is 17.2 Å². The minimum atomic E-state index is -4.07. The third-order valence-electron chi connectivity index (χ3n) is 7.03. The van der Waals surface area contributed by atoms with E-state index in [9.17, 15) is 12.8 Å². The lowest BCUT2D eigenvalue weighted by atomic mass is 9.81. The summed E-state index contributed by atoms with van der Waals surface area (Å²) in [6.45, 7) is 1.19. The van der Waals surface area contributed by atoms with Crippen molar-refractivity contribution < 1.29 is 31.3 Å². The zero-order valence-corrected chi connectivity index (χ0v) is 21.3. The molecule has 1 saturated heterocycles. The Morgan fingerprint density at radius 3 is 2.58 bits per heavy atom. The summed E-state index contributed by atoms with van der Waals surface area (Å²) in [4.78, 5) is 0.129. The third-order valence-corrected chi connectivity index (χ3v) is 8.33. The highest BCUT2D eigenvalue weighted by molar-refractivity contribution is 7.87. The Bertz CT molecular complexity index is 1550. The molecule has 1 fully saturated rings. The third kappa shape index (κ3) is 5.05. The maximum Gasteiger partial charge on any atom is 0.313 e. The van der Waals surface area contributed by atoms with Gasteiger partial charge in [0, 0.05) is 30.5 Å². The molecule has 0 saturated carbocycles. The monoisotopic (exact) mass is 535 g/mol. The maximum atomic E-state index is 13.6. The van der Waals surface area contributed by atoms with Gasteiger partial charge in [0.25, 0.3) is 0 Å². The van der Waals surface area contributed by atoms with Crippen LogP contribution in [0.2, 0.25) is 0 Å². The van der Waals surface area contributed by atoms with Gasteiger partial charge in [0.05, 0.1) is 6.61 Å². The Morgan fingerprint density at radius 1 is 0.921 bits per heavy atom. The maximum absolute atomic E-state index is 13.6. The number of hydroxylamine groups is 2. The van der Waals surface area contributed by atoms with Crippen LogP contribution in [0.5, 0.6) is 17.2 Å². The second kappa shape index (κ2) is 10.2. The smallest absolute Gasteiger partial charge is 0.313 e. The minimum absolute atomic E-state index is 0.0321. The van der Waals surface area contributed by atoms with Gasteiger partial charge in [0.2, 0.25) is 6.79 Å². The van der Waals surface area contributed by atoms with Crippen LogP contribution in [-0.4, -0.2) is 40.0 Å². The largest absolute Gasteiger partial charge is 0.493 e. The molecule has 7 nitrogen and oxygen atoms in total. The fourth-order valence-electron chi connectivity index (χ4n) is 5.15. The minimum Gasteiger partial charge on any atom is -0.493 e. The van der Waals surface area contributed by atoms with Crippen molar-refractivity contribution in [2.75, 3.05) is 26.5 Å². The van der Waals surface area contributed by atoms with Crippen LogP contribution < -0.4 is 14.2 Å². The Hall–Kier alpha value is -3.66. The molecule has 196 valence electrons. The SMILES string of the molecule is O=S(=O)(ON1CC[C@@H](c2ccc(F)cc2)[C@H](COc2ccc3c(c2)OCO3)C1)c1cccc2ccccc12. The van der Waals surface area contributed by atoms with Gasteiger partial charge in [-0.05, 0) is 53.6 Å². The highest BCUT2D eigenvalue weighted by Crippen LogP contribution is 2.38. The van der Waals surface area contributed by atoms with Crippen LogP contribution in [0, 0.1) is 11.7 Å². The molecule has 6 rings (SSSR count). The molecule has 38 heavy (non-hydrogen) atoms. The summed E-state index contributed by atoms with van der Waals surface area (Å²) in [5.74, 6) is 1.51. The molecule has 0 aliphatic carbocycles. The lowest BCUT2D eigenvalue weighted by Crippen LogP contribution is -2.42. The predicted octanol–water partition coefficient (Wildman–Crippen LogP) is 5.51. The molecule has 0 spiro atoms. The quantitative estimate of drug-likeness (QED) is 0.309. The molecule has 0 bridgehead atoms. The molecule has 2 atom stereocenters. The van der Waals surface area contributed by atoms with Gasteiger partial charge in [-0.25, -0.2) is 4.39 Å². The van der Waals surface area contributed by atoms with E-state index in [1.807, 2.05) is 24.3 Å². The summed E-state index contributed by atoms with van der Waals surface area (Å²) in [5.41, 5.74) is 0.974. The number of fused-ring (bicyclic) bond motifs is 2. The molecule has 9 heteroatoms. The standard InChI is InChI=1S/C29H26FNO6S/c30-23-10-8-21(9-11-23)25-14-15-31(17-22(25)18-34-24-12-13-27-28(16-24)36-19-35-27)37-38(32,33)29-7-3-5-20-4-1-2-6-26(20)29/h1-13,16,22,25H,14-15,17-19H2/t22-,25-/m0/s1. The van der Waals surface area contributed by atoms with Crippen LogP contribution in [0.3, 0.4) is 0 Å². The highest BCUT2D eigenvalue weighted by Gasteiger charge is 2.34. The number of nitrogens with zero attached hydrogens (tertiary/aromatic N) is 1. The average Bonchev–Trinajstić information content (AvgIpc) is 3.40. The number of rotatable bonds is 7. The highest BCUT2D eigenvalue weighted by atomic mass is 32.2. The summed E-state index contributed by atoms with van der Waals surface area (Å²) in [7, 11) is -4.07. The molecule has 0 unspecified atom stereocenters. The Kier molecular flexibility index (Phi) is 6.65. The van der Waals surface area contributed by atoms with Gasteiger partial charge in [-0.2, -0.15) is 17.8 Å². The predicted molar refractivity (Wildman–Crippen MR) is 139 cm³/mol.